The monoisotopic (exact) mass is 313 g/mol. The second kappa shape index (κ2) is 6.20. The predicted octanol–water partition coefficient (Wildman–Crippen LogP) is 1.93. The van der Waals surface area contributed by atoms with Crippen molar-refractivity contribution in [1.82, 2.24) is 20.1 Å². The summed E-state index contributed by atoms with van der Waals surface area (Å²) in [6, 6.07) is 5.04. The summed E-state index contributed by atoms with van der Waals surface area (Å²) in [4.78, 5) is 27.7. The number of amides is 2. The molecule has 23 heavy (non-hydrogen) atoms. The number of Topliss-reactive ketones (excluding diaryl/α,β-unsaturated/α-hetero) is 1. The van der Waals surface area contributed by atoms with Gasteiger partial charge in [-0.3, -0.25) is 4.79 Å². The summed E-state index contributed by atoms with van der Waals surface area (Å²) < 4.78 is 1.82. The van der Waals surface area contributed by atoms with Crippen molar-refractivity contribution in [1.29, 1.82) is 0 Å². The fourth-order valence-electron chi connectivity index (χ4n) is 2.84. The molecule has 0 bridgehead atoms. The molecule has 1 aromatic carbocycles. The number of urea groups is 1. The number of nitrogens with zero attached hydrogens (tertiary/aromatic N) is 3. The Labute approximate surface area is 134 Å². The topological polar surface area (TPSA) is 88.9 Å². The molecule has 2 N–H and O–H groups in total. The van der Waals surface area contributed by atoms with E-state index < -0.39 is 0 Å². The molecule has 3 rings (SSSR count). The van der Waals surface area contributed by atoms with Crippen molar-refractivity contribution in [2.45, 2.75) is 39.3 Å². The highest BCUT2D eigenvalue weighted by Crippen LogP contribution is 2.16. The van der Waals surface area contributed by atoms with Crippen molar-refractivity contribution >= 4 is 17.5 Å². The van der Waals surface area contributed by atoms with E-state index in [1.165, 1.54) is 13.3 Å². The molecule has 1 aliphatic heterocycles. The Bertz CT molecular complexity index is 753. The van der Waals surface area contributed by atoms with Gasteiger partial charge in [-0.2, -0.15) is 5.10 Å². The third kappa shape index (κ3) is 3.39. The number of rotatable bonds is 3. The second-order valence-electron chi connectivity index (χ2n) is 5.78. The predicted molar refractivity (Wildman–Crippen MR) is 85.5 cm³/mol. The molecule has 120 valence electrons. The maximum atomic E-state index is 12.1. The number of nitrogens with one attached hydrogen (secondary N) is 2. The number of anilines is 1. The highest BCUT2D eigenvalue weighted by atomic mass is 16.2. The molecule has 0 saturated heterocycles. The molecule has 0 spiro atoms. The third-order valence-electron chi connectivity index (χ3n) is 4.00. The molecule has 0 fully saturated rings. The first-order valence-corrected chi connectivity index (χ1v) is 7.58. The van der Waals surface area contributed by atoms with Crippen molar-refractivity contribution in [3.63, 3.8) is 0 Å². The minimum atomic E-state index is -0.256. The number of carbonyl (C=O) groups is 2. The van der Waals surface area contributed by atoms with Crippen LogP contribution in [0.1, 0.15) is 35.1 Å². The number of ketones is 1. The van der Waals surface area contributed by atoms with Crippen LogP contribution < -0.4 is 10.6 Å². The lowest BCUT2D eigenvalue weighted by Gasteiger charge is -2.23. The van der Waals surface area contributed by atoms with Crippen LogP contribution in [0, 0.1) is 6.92 Å². The van der Waals surface area contributed by atoms with E-state index >= 15 is 0 Å². The van der Waals surface area contributed by atoms with Crippen molar-refractivity contribution in [3.05, 3.63) is 41.5 Å². The fourth-order valence-corrected chi connectivity index (χ4v) is 2.84. The Kier molecular flexibility index (Phi) is 4.10. The Morgan fingerprint density at radius 2 is 2.17 bits per heavy atom. The zero-order chi connectivity index (χ0) is 16.4. The van der Waals surface area contributed by atoms with Crippen LogP contribution in [-0.4, -0.2) is 32.6 Å². The lowest BCUT2D eigenvalue weighted by atomic mass is 10.0. The normalized spacial score (nSPS) is 16.5. The minimum Gasteiger partial charge on any atom is -0.333 e. The van der Waals surface area contributed by atoms with Crippen LogP contribution in [0.5, 0.6) is 0 Å². The summed E-state index contributed by atoms with van der Waals surface area (Å²) >= 11 is 0. The van der Waals surface area contributed by atoms with Crippen LogP contribution in [0.3, 0.4) is 0 Å². The van der Waals surface area contributed by atoms with E-state index in [1.807, 2.05) is 11.6 Å². The van der Waals surface area contributed by atoms with E-state index in [-0.39, 0.29) is 17.9 Å². The lowest BCUT2D eigenvalue weighted by molar-refractivity contribution is 0.101. The molecule has 2 amide bonds. The molecule has 0 radical (unpaired) electrons. The van der Waals surface area contributed by atoms with Gasteiger partial charge in [0.05, 0.1) is 12.6 Å². The van der Waals surface area contributed by atoms with Gasteiger partial charge in [0.1, 0.15) is 12.2 Å². The number of benzene rings is 1. The van der Waals surface area contributed by atoms with Gasteiger partial charge in [-0.05, 0) is 44.0 Å². The average Bonchev–Trinajstić information content (AvgIpc) is 2.94. The van der Waals surface area contributed by atoms with Crippen LogP contribution in [0.25, 0.3) is 0 Å². The van der Waals surface area contributed by atoms with E-state index in [2.05, 4.69) is 20.7 Å². The Morgan fingerprint density at radius 1 is 1.35 bits per heavy atom. The van der Waals surface area contributed by atoms with E-state index in [1.54, 1.807) is 18.2 Å². The molecular formula is C16H19N5O2. The number of fused-ring (bicyclic) bond motifs is 1. The van der Waals surface area contributed by atoms with Crippen molar-refractivity contribution in [2.75, 3.05) is 5.32 Å². The SMILES string of the molecule is CC(=O)c1ccc(NC(=O)N[C@H]2CCc3ncnn3C2)cc1C. The first-order chi connectivity index (χ1) is 11.0. The van der Waals surface area contributed by atoms with E-state index in [0.29, 0.717) is 17.8 Å². The maximum Gasteiger partial charge on any atom is 0.319 e. The van der Waals surface area contributed by atoms with Gasteiger partial charge in [-0.1, -0.05) is 0 Å². The van der Waals surface area contributed by atoms with Crippen LogP contribution >= 0.6 is 0 Å². The number of hydrogen-bond acceptors (Lipinski definition) is 4. The lowest BCUT2D eigenvalue weighted by Crippen LogP contribution is -2.43. The second-order valence-corrected chi connectivity index (χ2v) is 5.78. The Morgan fingerprint density at radius 3 is 2.91 bits per heavy atom. The average molecular weight is 313 g/mol. The first kappa shape index (κ1) is 15.2. The zero-order valence-corrected chi connectivity index (χ0v) is 13.2. The summed E-state index contributed by atoms with van der Waals surface area (Å²) in [5.74, 6) is 0.975. The van der Waals surface area contributed by atoms with Gasteiger partial charge in [-0.25, -0.2) is 14.5 Å². The molecule has 7 nitrogen and oxygen atoms in total. The summed E-state index contributed by atoms with van der Waals surface area (Å²) in [6.45, 7) is 4.02. The number of aromatic nitrogens is 3. The molecule has 0 saturated carbocycles. The Hall–Kier alpha value is -2.70. The quantitative estimate of drug-likeness (QED) is 0.847. The molecule has 7 heteroatoms. The van der Waals surface area contributed by atoms with Gasteiger partial charge >= 0.3 is 6.03 Å². The van der Waals surface area contributed by atoms with Crippen LogP contribution in [0.2, 0.25) is 0 Å². The fraction of sp³-hybridized carbons (Fsp3) is 0.375. The molecule has 1 aliphatic rings. The van der Waals surface area contributed by atoms with Crippen molar-refractivity contribution in [3.8, 4) is 0 Å². The molecule has 0 aliphatic carbocycles. The highest BCUT2D eigenvalue weighted by Gasteiger charge is 2.21. The summed E-state index contributed by atoms with van der Waals surface area (Å²) in [7, 11) is 0. The smallest absolute Gasteiger partial charge is 0.319 e. The molecule has 2 heterocycles. The summed E-state index contributed by atoms with van der Waals surface area (Å²) in [5.41, 5.74) is 2.18. The molecule has 1 aromatic heterocycles. The van der Waals surface area contributed by atoms with Gasteiger partial charge in [-0.15, -0.1) is 0 Å². The van der Waals surface area contributed by atoms with Crippen LogP contribution in [0.15, 0.2) is 24.5 Å². The third-order valence-corrected chi connectivity index (χ3v) is 4.00. The standard InChI is InChI=1S/C16H19N5O2/c1-10-7-12(3-5-14(10)11(2)22)19-16(23)20-13-4-6-15-17-9-18-21(15)8-13/h3,5,7,9,13H,4,6,8H2,1-2H3,(H2,19,20,23)/t13-/m0/s1. The van der Waals surface area contributed by atoms with Gasteiger partial charge < -0.3 is 10.6 Å². The Balaban J connectivity index is 1.60. The van der Waals surface area contributed by atoms with Gasteiger partial charge in [0.2, 0.25) is 0 Å². The molecule has 2 aromatic rings. The summed E-state index contributed by atoms with van der Waals surface area (Å²) in [6.07, 6.45) is 3.18. The maximum absolute atomic E-state index is 12.1. The van der Waals surface area contributed by atoms with E-state index in [9.17, 15) is 9.59 Å². The van der Waals surface area contributed by atoms with Crippen LogP contribution in [0.4, 0.5) is 10.5 Å². The number of hydrogen-bond donors (Lipinski definition) is 2. The van der Waals surface area contributed by atoms with Crippen molar-refractivity contribution < 1.29 is 9.59 Å². The van der Waals surface area contributed by atoms with Crippen molar-refractivity contribution in [2.24, 2.45) is 0 Å². The zero-order valence-electron chi connectivity index (χ0n) is 13.2. The number of aryl methyl sites for hydroxylation is 2. The largest absolute Gasteiger partial charge is 0.333 e. The minimum absolute atomic E-state index is 0.0179. The van der Waals surface area contributed by atoms with Crippen LogP contribution in [-0.2, 0) is 13.0 Å². The van der Waals surface area contributed by atoms with Gasteiger partial charge in [0.15, 0.2) is 5.78 Å². The molecule has 1 atom stereocenters. The summed E-state index contributed by atoms with van der Waals surface area (Å²) in [5, 5.41) is 9.89. The first-order valence-electron chi connectivity index (χ1n) is 7.58. The van der Waals surface area contributed by atoms with E-state index in [0.717, 1.165) is 24.2 Å². The molecular weight excluding hydrogens is 294 g/mol. The van der Waals surface area contributed by atoms with Gasteiger partial charge in [0, 0.05) is 17.7 Å². The number of carbonyl (C=O) groups excluding carboxylic acids is 2. The molecule has 0 unspecified atom stereocenters. The van der Waals surface area contributed by atoms with Gasteiger partial charge in [0.25, 0.3) is 0 Å². The van der Waals surface area contributed by atoms with E-state index in [4.69, 9.17) is 0 Å². The highest BCUT2D eigenvalue weighted by molar-refractivity contribution is 5.96.